The summed E-state index contributed by atoms with van der Waals surface area (Å²) in [6, 6.07) is 0. The number of carboxylic acids is 1. The van der Waals surface area contributed by atoms with Gasteiger partial charge in [-0.25, -0.2) is 4.79 Å². The second kappa shape index (κ2) is 58.4. The van der Waals surface area contributed by atoms with Gasteiger partial charge in [-0.3, -0.25) is 9.59 Å². The molecule has 442 valence electrons. The highest BCUT2D eigenvalue weighted by molar-refractivity contribution is 5.71. The van der Waals surface area contributed by atoms with Gasteiger partial charge < -0.3 is 28.5 Å². The Kier molecular flexibility index (Phi) is 55.5. The summed E-state index contributed by atoms with van der Waals surface area (Å²) in [6.07, 6.45) is 76.3. The molecule has 0 aliphatic rings. The molecule has 0 aliphatic heterocycles. The normalized spacial score (nSPS) is 13.4. The van der Waals surface area contributed by atoms with E-state index in [-0.39, 0.29) is 32.2 Å². The van der Waals surface area contributed by atoms with Crippen LogP contribution in [-0.4, -0.2) is 87.4 Å². The molecule has 0 bridgehead atoms. The first kappa shape index (κ1) is 73.2. The van der Waals surface area contributed by atoms with Gasteiger partial charge >= 0.3 is 17.9 Å². The van der Waals surface area contributed by atoms with Crippen LogP contribution < -0.4 is 0 Å². The van der Waals surface area contributed by atoms with Crippen molar-refractivity contribution in [3.05, 3.63) is 97.2 Å². The van der Waals surface area contributed by atoms with Crippen molar-refractivity contribution in [1.29, 1.82) is 0 Å². The summed E-state index contributed by atoms with van der Waals surface area (Å²) in [4.78, 5) is 37.5. The Morgan fingerprint density at radius 2 is 0.740 bits per heavy atom. The highest BCUT2D eigenvalue weighted by Gasteiger charge is 2.25. The van der Waals surface area contributed by atoms with Crippen molar-refractivity contribution >= 4 is 17.9 Å². The van der Waals surface area contributed by atoms with Gasteiger partial charge in [-0.05, 0) is 96.3 Å². The van der Waals surface area contributed by atoms with Crippen molar-refractivity contribution in [2.24, 2.45) is 0 Å². The second-order valence-electron chi connectivity index (χ2n) is 22.0. The highest BCUT2D eigenvalue weighted by atomic mass is 16.7. The molecule has 0 rings (SSSR count). The number of esters is 2. The Hall–Kier alpha value is -3.79. The summed E-state index contributed by atoms with van der Waals surface area (Å²) < 4.78 is 22.9. The maximum absolute atomic E-state index is 12.9. The van der Waals surface area contributed by atoms with Gasteiger partial charge in [0.05, 0.1) is 34.4 Å². The van der Waals surface area contributed by atoms with E-state index in [1.807, 2.05) is 21.1 Å². The topological polar surface area (TPSA) is 108 Å². The molecule has 0 fully saturated rings. The van der Waals surface area contributed by atoms with Gasteiger partial charge in [0.25, 0.3) is 6.29 Å². The van der Waals surface area contributed by atoms with Crippen LogP contribution in [0, 0.1) is 0 Å². The number of unbranched alkanes of at least 4 members (excludes halogenated alkanes) is 26. The lowest BCUT2D eigenvalue weighted by Gasteiger charge is -2.25. The number of nitrogens with zero attached hydrogens (tertiary/aromatic N) is 1. The molecule has 77 heavy (non-hydrogen) atoms. The zero-order valence-electron chi connectivity index (χ0n) is 50.3. The van der Waals surface area contributed by atoms with Crippen LogP contribution in [0.3, 0.4) is 0 Å². The molecule has 1 N–H and O–H groups in total. The molecule has 0 aromatic rings. The van der Waals surface area contributed by atoms with E-state index >= 15 is 0 Å². The Labute approximate surface area is 473 Å². The molecular formula is C68H118NO8+. The highest BCUT2D eigenvalue weighted by Crippen LogP contribution is 2.16. The monoisotopic (exact) mass is 1080 g/mol. The van der Waals surface area contributed by atoms with Crippen molar-refractivity contribution in [3.8, 4) is 0 Å². The third kappa shape index (κ3) is 59.7. The fourth-order valence-electron chi connectivity index (χ4n) is 8.52. The predicted molar refractivity (Wildman–Crippen MR) is 327 cm³/mol. The minimum atomic E-state index is -1.52. The number of allylic oxidation sites excluding steroid dienone is 16. The first-order valence-corrected chi connectivity index (χ1v) is 31.4. The summed E-state index contributed by atoms with van der Waals surface area (Å²) in [7, 11) is 5.97. The van der Waals surface area contributed by atoms with E-state index in [1.54, 1.807) is 0 Å². The van der Waals surface area contributed by atoms with Gasteiger partial charge in [0.15, 0.2) is 6.10 Å². The zero-order chi connectivity index (χ0) is 56.2. The third-order valence-electron chi connectivity index (χ3n) is 13.3. The van der Waals surface area contributed by atoms with Gasteiger partial charge in [0, 0.05) is 12.8 Å². The first-order valence-electron chi connectivity index (χ1n) is 31.4. The van der Waals surface area contributed by atoms with E-state index in [9.17, 15) is 19.5 Å². The Morgan fingerprint density at radius 1 is 0.403 bits per heavy atom. The predicted octanol–water partition coefficient (Wildman–Crippen LogP) is 18.9. The number of rotatable bonds is 57. The van der Waals surface area contributed by atoms with Crippen LogP contribution in [0.2, 0.25) is 0 Å². The smallest absolute Gasteiger partial charge is 0.361 e. The number of carboxylic acid groups (broad SMARTS) is 1. The van der Waals surface area contributed by atoms with E-state index in [0.717, 1.165) is 96.3 Å². The number of hydrogen-bond donors (Lipinski definition) is 1. The van der Waals surface area contributed by atoms with Crippen LogP contribution in [0.1, 0.15) is 258 Å². The number of ether oxygens (including phenoxy) is 4. The van der Waals surface area contributed by atoms with Gasteiger partial charge in [0.1, 0.15) is 13.2 Å². The standard InChI is InChI=1S/C68H117NO8/c1-6-8-10-12-14-16-18-20-22-24-26-28-30-31-32-33-34-35-37-39-41-43-45-47-49-51-53-55-57-59-66(71)77-64(63-76-68(67(72)73)74-61-60-69(3,4)5)62-75-65(70)58-56-54-52-50-48-46-44-42-40-38-36-29-27-25-23-21-19-17-15-13-11-9-7-2/h8,10,14,16,19-22,25-28,31-32,36,38,64,68H,6-7,9,11-13,15,17-18,23-24,29-30,33-35,37,39-63H2,1-5H3/p+1/b10-8-,16-14-,21-19-,22-20-,27-25-,28-26-,32-31-,38-36-. The molecule has 9 nitrogen and oxygen atoms in total. The minimum absolute atomic E-state index is 0.182. The maximum Gasteiger partial charge on any atom is 0.361 e. The third-order valence-corrected chi connectivity index (χ3v) is 13.3. The molecule has 0 radical (unpaired) electrons. The maximum atomic E-state index is 12.9. The quantitative estimate of drug-likeness (QED) is 0.0211. The van der Waals surface area contributed by atoms with E-state index in [0.29, 0.717) is 23.9 Å². The molecule has 0 aliphatic carbocycles. The number of hydrogen-bond acceptors (Lipinski definition) is 7. The summed E-state index contributed by atoms with van der Waals surface area (Å²) >= 11 is 0. The van der Waals surface area contributed by atoms with E-state index < -0.39 is 24.3 Å². The number of likely N-dealkylation sites (N-methyl/N-ethyl adjacent to an activating group) is 1. The molecule has 2 unspecified atom stereocenters. The van der Waals surface area contributed by atoms with Crippen molar-refractivity contribution in [1.82, 2.24) is 0 Å². The molecule has 0 amide bonds. The second-order valence-corrected chi connectivity index (χ2v) is 22.0. The van der Waals surface area contributed by atoms with E-state index in [1.165, 1.54) is 128 Å². The molecule has 9 heteroatoms. The van der Waals surface area contributed by atoms with Crippen LogP contribution >= 0.6 is 0 Å². The van der Waals surface area contributed by atoms with Gasteiger partial charge in [0.2, 0.25) is 0 Å². The summed E-state index contributed by atoms with van der Waals surface area (Å²) in [5.41, 5.74) is 0. The van der Waals surface area contributed by atoms with Crippen molar-refractivity contribution in [3.63, 3.8) is 0 Å². The summed E-state index contributed by atoms with van der Waals surface area (Å²) in [6.45, 7) is 4.75. The first-order chi connectivity index (χ1) is 37.6. The zero-order valence-corrected chi connectivity index (χ0v) is 50.3. The number of aliphatic carboxylic acids is 1. The average Bonchev–Trinajstić information content (AvgIpc) is 3.40. The van der Waals surface area contributed by atoms with Crippen LogP contribution in [0.15, 0.2) is 97.2 Å². The van der Waals surface area contributed by atoms with Crippen LogP contribution in [-0.2, 0) is 33.3 Å². The van der Waals surface area contributed by atoms with Crippen molar-refractivity contribution in [2.45, 2.75) is 270 Å². The number of carbonyl (C=O) groups is 3. The molecule has 0 heterocycles. The van der Waals surface area contributed by atoms with Gasteiger partial charge in [-0.2, -0.15) is 0 Å². The van der Waals surface area contributed by atoms with E-state index in [4.69, 9.17) is 18.9 Å². The van der Waals surface area contributed by atoms with Crippen molar-refractivity contribution in [2.75, 3.05) is 47.5 Å². The number of quaternary nitrogens is 1. The summed E-state index contributed by atoms with van der Waals surface area (Å²) in [5, 5.41) is 9.72. The van der Waals surface area contributed by atoms with E-state index in [2.05, 4.69) is 111 Å². The molecule has 0 saturated heterocycles. The molecule has 0 aromatic heterocycles. The number of carbonyl (C=O) groups excluding carboxylic acids is 2. The van der Waals surface area contributed by atoms with Crippen LogP contribution in [0.25, 0.3) is 0 Å². The van der Waals surface area contributed by atoms with Crippen LogP contribution in [0.5, 0.6) is 0 Å². The molecular weight excluding hydrogens is 959 g/mol. The van der Waals surface area contributed by atoms with Gasteiger partial charge in [-0.15, -0.1) is 0 Å². The van der Waals surface area contributed by atoms with Crippen molar-refractivity contribution < 1.29 is 42.9 Å². The average molecular weight is 1080 g/mol. The minimum Gasteiger partial charge on any atom is -0.477 e. The Morgan fingerprint density at radius 3 is 1.10 bits per heavy atom. The Bertz CT molecular complexity index is 1580. The largest absolute Gasteiger partial charge is 0.477 e. The molecule has 0 aromatic carbocycles. The Balaban J connectivity index is 4.22. The molecule has 2 atom stereocenters. The fraction of sp³-hybridized carbons (Fsp3) is 0.721. The molecule has 0 saturated carbocycles. The lowest BCUT2D eigenvalue weighted by atomic mass is 10.0. The van der Waals surface area contributed by atoms with Gasteiger partial charge in [-0.1, -0.05) is 246 Å². The lowest BCUT2D eigenvalue weighted by Crippen LogP contribution is -2.40. The summed E-state index contributed by atoms with van der Waals surface area (Å²) in [5.74, 6) is -2.02. The molecule has 0 spiro atoms. The lowest BCUT2D eigenvalue weighted by molar-refractivity contribution is -0.870. The SMILES string of the molecule is CC/C=C\C/C=C\C/C=C\C/C=C\C/C=C\CCCCCCCCCCCCCCCC(=O)OC(COC(=O)CCCCCCCCCC/C=C\C/C=C\C/C=C\CCCCCCC)COC(OCC[N+](C)(C)C)C(=O)O. The fourth-order valence-corrected chi connectivity index (χ4v) is 8.52. The van der Waals surface area contributed by atoms with Crippen LogP contribution in [0.4, 0.5) is 0 Å².